The second kappa shape index (κ2) is 12.5. The molecule has 3 aromatic rings. The van der Waals surface area contributed by atoms with Gasteiger partial charge in [0.1, 0.15) is 11.8 Å². The van der Waals surface area contributed by atoms with E-state index in [2.05, 4.69) is 5.32 Å². The summed E-state index contributed by atoms with van der Waals surface area (Å²) in [6.45, 7) is 5.51. The Bertz CT molecular complexity index is 1200. The minimum absolute atomic E-state index is 0.130. The van der Waals surface area contributed by atoms with Crippen LogP contribution in [0, 0.1) is 0 Å². The Kier molecular flexibility index (Phi) is 9.66. The summed E-state index contributed by atoms with van der Waals surface area (Å²) < 4.78 is 5.74. The van der Waals surface area contributed by atoms with Crippen LogP contribution < -0.4 is 10.1 Å². The molecule has 1 N–H and O–H groups in total. The van der Waals surface area contributed by atoms with Gasteiger partial charge in [0.05, 0.1) is 5.02 Å². The Balaban J connectivity index is 1.95. The van der Waals surface area contributed by atoms with Gasteiger partial charge in [-0.15, -0.1) is 0 Å². The van der Waals surface area contributed by atoms with Crippen LogP contribution >= 0.6 is 34.8 Å². The number of ether oxygens (including phenoxy) is 1. The molecule has 0 aromatic heterocycles. The number of benzene rings is 3. The van der Waals surface area contributed by atoms with Crippen molar-refractivity contribution in [2.45, 2.75) is 45.3 Å². The van der Waals surface area contributed by atoms with Crippen molar-refractivity contribution in [3.05, 3.63) is 99.0 Å². The van der Waals surface area contributed by atoms with Crippen LogP contribution in [0.1, 0.15) is 31.9 Å². The van der Waals surface area contributed by atoms with Gasteiger partial charge in [-0.05, 0) is 56.2 Å². The van der Waals surface area contributed by atoms with Gasteiger partial charge in [0.2, 0.25) is 5.91 Å². The van der Waals surface area contributed by atoms with Gasteiger partial charge in [0.15, 0.2) is 6.61 Å². The van der Waals surface area contributed by atoms with E-state index in [1.54, 1.807) is 24.3 Å². The first-order chi connectivity index (χ1) is 17.0. The second-order valence-electron chi connectivity index (χ2n) is 9.42. The molecule has 0 saturated heterocycles. The fraction of sp³-hybridized carbons (Fsp3) is 0.286. The van der Waals surface area contributed by atoms with Crippen molar-refractivity contribution in [1.82, 2.24) is 10.2 Å². The molecule has 0 heterocycles. The molecule has 0 bridgehead atoms. The molecule has 0 saturated carbocycles. The number of amides is 2. The summed E-state index contributed by atoms with van der Waals surface area (Å²) in [5, 5.41) is 4.28. The van der Waals surface area contributed by atoms with Gasteiger partial charge in [-0.3, -0.25) is 9.59 Å². The number of carbonyl (C=O) groups excluding carboxylic acids is 2. The van der Waals surface area contributed by atoms with Crippen LogP contribution in [0.3, 0.4) is 0 Å². The molecular weight excluding hydrogens is 519 g/mol. The predicted molar refractivity (Wildman–Crippen MR) is 146 cm³/mol. The first-order valence-electron chi connectivity index (χ1n) is 11.5. The molecule has 190 valence electrons. The number of nitrogens with one attached hydrogen (secondary N) is 1. The summed E-state index contributed by atoms with van der Waals surface area (Å²) in [5.74, 6) is -0.326. The van der Waals surface area contributed by atoms with Crippen LogP contribution in [0.4, 0.5) is 0 Å². The Labute approximate surface area is 227 Å². The maximum Gasteiger partial charge on any atom is 0.261 e. The zero-order valence-electron chi connectivity index (χ0n) is 20.4. The van der Waals surface area contributed by atoms with Crippen molar-refractivity contribution in [3.8, 4) is 5.75 Å². The van der Waals surface area contributed by atoms with E-state index in [0.717, 1.165) is 11.1 Å². The van der Waals surface area contributed by atoms with Crippen molar-refractivity contribution in [2.24, 2.45) is 0 Å². The fourth-order valence-electron chi connectivity index (χ4n) is 3.63. The molecule has 8 heteroatoms. The lowest BCUT2D eigenvalue weighted by molar-refractivity contribution is -0.143. The molecule has 0 unspecified atom stereocenters. The molecule has 3 aromatic carbocycles. The average molecular weight is 548 g/mol. The molecule has 0 aliphatic rings. The summed E-state index contributed by atoms with van der Waals surface area (Å²) in [7, 11) is 0. The summed E-state index contributed by atoms with van der Waals surface area (Å²) in [6.07, 6.45) is 0.320. The van der Waals surface area contributed by atoms with Gasteiger partial charge in [0, 0.05) is 28.5 Å². The second-order valence-corrected chi connectivity index (χ2v) is 10.7. The Morgan fingerprint density at radius 3 is 2.22 bits per heavy atom. The van der Waals surface area contributed by atoms with E-state index >= 15 is 0 Å². The van der Waals surface area contributed by atoms with Crippen molar-refractivity contribution in [2.75, 3.05) is 6.61 Å². The molecule has 2 amide bonds. The van der Waals surface area contributed by atoms with Crippen molar-refractivity contribution in [3.63, 3.8) is 0 Å². The van der Waals surface area contributed by atoms with Crippen molar-refractivity contribution in [1.29, 1.82) is 0 Å². The first-order valence-corrected chi connectivity index (χ1v) is 12.6. The Morgan fingerprint density at radius 2 is 1.58 bits per heavy atom. The highest BCUT2D eigenvalue weighted by Crippen LogP contribution is 2.28. The molecule has 0 aliphatic carbocycles. The van der Waals surface area contributed by atoms with Crippen molar-refractivity contribution < 1.29 is 14.3 Å². The minimum atomic E-state index is -0.806. The van der Waals surface area contributed by atoms with Crippen LogP contribution in [0.2, 0.25) is 15.1 Å². The highest BCUT2D eigenvalue weighted by molar-refractivity contribution is 6.35. The Morgan fingerprint density at radius 1 is 0.917 bits per heavy atom. The smallest absolute Gasteiger partial charge is 0.261 e. The Hall–Kier alpha value is -2.73. The summed E-state index contributed by atoms with van der Waals surface area (Å²) >= 11 is 18.6. The normalized spacial score (nSPS) is 12.1. The van der Waals surface area contributed by atoms with Crippen LogP contribution in [-0.4, -0.2) is 34.9 Å². The van der Waals surface area contributed by atoms with Gasteiger partial charge in [-0.2, -0.15) is 0 Å². The van der Waals surface area contributed by atoms with E-state index < -0.39 is 11.6 Å². The van der Waals surface area contributed by atoms with E-state index in [-0.39, 0.29) is 25.0 Å². The largest absolute Gasteiger partial charge is 0.482 e. The van der Waals surface area contributed by atoms with Crippen LogP contribution in [0.25, 0.3) is 0 Å². The lowest BCUT2D eigenvalue weighted by Gasteiger charge is -2.34. The average Bonchev–Trinajstić information content (AvgIpc) is 2.81. The van der Waals surface area contributed by atoms with Crippen LogP contribution in [0.15, 0.2) is 72.8 Å². The predicted octanol–water partition coefficient (Wildman–Crippen LogP) is 6.58. The zero-order chi connectivity index (χ0) is 26.3. The maximum atomic E-state index is 13.6. The molecule has 3 rings (SSSR count). The van der Waals surface area contributed by atoms with E-state index in [1.807, 2.05) is 69.3 Å². The number of hydrogen-bond acceptors (Lipinski definition) is 3. The SMILES string of the molecule is CC(C)(C)NC(=O)[C@H](Cc1ccccc1)N(Cc1ccccc1Cl)C(=O)COc1ccc(Cl)cc1Cl. The van der Waals surface area contributed by atoms with Gasteiger partial charge < -0.3 is 15.0 Å². The molecular formula is C28H29Cl3N2O3. The van der Waals surface area contributed by atoms with Crippen LogP contribution in [0.5, 0.6) is 5.75 Å². The topological polar surface area (TPSA) is 58.6 Å². The lowest BCUT2D eigenvalue weighted by atomic mass is 10.0. The summed E-state index contributed by atoms with van der Waals surface area (Å²) in [5.41, 5.74) is 1.15. The monoisotopic (exact) mass is 546 g/mol. The fourth-order valence-corrected chi connectivity index (χ4v) is 4.29. The number of nitrogens with zero attached hydrogens (tertiary/aromatic N) is 1. The molecule has 0 fully saturated rings. The zero-order valence-corrected chi connectivity index (χ0v) is 22.7. The first kappa shape index (κ1) is 27.9. The van der Waals surface area contributed by atoms with Gasteiger partial charge in [0.25, 0.3) is 5.91 Å². The van der Waals surface area contributed by atoms with E-state index in [4.69, 9.17) is 39.5 Å². The highest BCUT2D eigenvalue weighted by atomic mass is 35.5. The highest BCUT2D eigenvalue weighted by Gasteiger charge is 2.32. The quantitative estimate of drug-likeness (QED) is 0.329. The van der Waals surface area contributed by atoms with E-state index in [0.29, 0.717) is 27.2 Å². The van der Waals surface area contributed by atoms with Gasteiger partial charge in [-0.25, -0.2) is 0 Å². The number of rotatable bonds is 9. The number of carbonyl (C=O) groups is 2. The number of hydrogen-bond donors (Lipinski definition) is 1. The number of halogens is 3. The lowest BCUT2D eigenvalue weighted by Crippen LogP contribution is -2.55. The third-order valence-corrected chi connectivity index (χ3v) is 6.21. The summed E-state index contributed by atoms with van der Waals surface area (Å²) in [4.78, 5) is 28.7. The molecule has 0 radical (unpaired) electrons. The van der Waals surface area contributed by atoms with Gasteiger partial charge in [-0.1, -0.05) is 83.3 Å². The van der Waals surface area contributed by atoms with Crippen LogP contribution in [-0.2, 0) is 22.6 Å². The molecule has 5 nitrogen and oxygen atoms in total. The molecule has 0 aliphatic heterocycles. The standard InChI is InChI=1S/C28H29Cl3N2O3/c1-28(2,3)32-27(35)24(15-19-9-5-4-6-10-19)33(17-20-11-7-8-12-22(20)30)26(34)18-36-25-14-13-21(29)16-23(25)31/h4-14,16,24H,15,17-18H2,1-3H3,(H,32,35)/t24-/m0/s1. The van der Waals surface area contributed by atoms with E-state index in [9.17, 15) is 9.59 Å². The third-order valence-electron chi connectivity index (χ3n) is 5.31. The maximum absolute atomic E-state index is 13.6. The molecule has 0 spiro atoms. The molecule has 36 heavy (non-hydrogen) atoms. The summed E-state index contributed by atoms with van der Waals surface area (Å²) in [6, 6.07) is 20.8. The molecule has 1 atom stereocenters. The minimum Gasteiger partial charge on any atom is -0.482 e. The van der Waals surface area contributed by atoms with E-state index in [1.165, 1.54) is 4.90 Å². The third kappa shape index (κ3) is 8.16. The van der Waals surface area contributed by atoms with Gasteiger partial charge >= 0.3 is 0 Å². The van der Waals surface area contributed by atoms with Crippen molar-refractivity contribution >= 4 is 46.6 Å².